The lowest BCUT2D eigenvalue weighted by Gasteiger charge is -2.15. The summed E-state index contributed by atoms with van der Waals surface area (Å²) in [4.78, 5) is 14.1. The van der Waals surface area contributed by atoms with Crippen molar-refractivity contribution in [1.82, 2.24) is 14.7 Å². The third-order valence-corrected chi connectivity index (χ3v) is 3.81. The summed E-state index contributed by atoms with van der Waals surface area (Å²) >= 11 is 0. The van der Waals surface area contributed by atoms with Crippen molar-refractivity contribution in [2.24, 2.45) is 7.05 Å². The second kappa shape index (κ2) is 6.16. The predicted molar refractivity (Wildman–Crippen MR) is 86.2 cm³/mol. The molecule has 1 aromatic carbocycles. The van der Waals surface area contributed by atoms with Gasteiger partial charge in [0.05, 0.1) is 26.0 Å². The molecular formula is C17H19N3O3. The molecule has 0 unspecified atom stereocenters. The molecule has 0 bridgehead atoms. The van der Waals surface area contributed by atoms with Crippen LogP contribution >= 0.6 is 0 Å². The van der Waals surface area contributed by atoms with Gasteiger partial charge in [0.1, 0.15) is 11.3 Å². The van der Waals surface area contributed by atoms with Gasteiger partial charge in [-0.1, -0.05) is 0 Å². The van der Waals surface area contributed by atoms with Crippen LogP contribution in [0.4, 0.5) is 0 Å². The molecule has 3 aromatic rings. The Balaban J connectivity index is 1.72. The fourth-order valence-corrected chi connectivity index (χ4v) is 2.54. The van der Waals surface area contributed by atoms with Gasteiger partial charge >= 0.3 is 0 Å². The zero-order valence-corrected chi connectivity index (χ0v) is 13.4. The highest BCUT2D eigenvalue weighted by atomic mass is 16.5. The summed E-state index contributed by atoms with van der Waals surface area (Å²) in [6, 6.07) is 5.61. The molecule has 0 saturated carbocycles. The summed E-state index contributed by atoms with van der Waals surface area (Å²) in [5.41, 5.74) is 2.61. The monoisotopic (exact) mass is 313 g/mol. The fraction of sp³-hybridized carbons (Fsp3) is 0.294. The largest absolute Gasteiger partial charge is 0.497 e. The number of ether oxygens (including phenoxy) is 1. The fourth-order valence-electron chi connectivity index (χ4n) is 2.54. The van der Waals surface area contributed by atoms with E-state index in [4.69, 9.17) is 9.15 Å². The summed E-state index contributed by atoms with van der Waals surface area (Å²) < 4.78 is 12.4. The van der Waals surface area contributed by atoms with E-state index in [0.29, 0.717) is 13.0 Å². The molecular weight excluding hydrogens is 294 g/mol. The van der Waals surface area contributed by atoms with Crippen LogP contribution in [-0.4, -0.2) is 34.7 Å². The predicted octanol–water partition coefficient (Wildman–Crippen LogP) is 2.38. The van der Waals surface area contributed by atoms with Crippen molar-refractivity contribution in [3.63, 3.8) is 0 Å². The smallest absolute Gasteiger partial charge is 0.227 e. The van der Waals surface area contributed by atoms with Crippen LogP contribution in [0.5, 0.6) is 5.75 Å². The Bertz CT molecular complexity index is 835. The van der Waals surface area contributed by atoms with Crippen molar-refractivity contribution in [2.45, 2.75) is 13.0 Å². The number of aryl methyl sites for hydroxylation is 1. The first kappa shape index (κ1) is 15.1. The molecule has 0 aliphatic rings. The second-order valence-corrected chi connectivity index (χ2v) is 5.57. The standard InChI is InChI=1S/C17H19N3O3/c1-19(9-12-8-18-20(2)10-12)17(21)6-13-11-23-16-7-14(22-3)4-5-15(13)16/h4-5,7-8,10-11H,6,9H2,1-3H3. The van der Waals surface area contributed by atoms with Crippen LogP contribution in [0.1, 0.15) is 11.1 Å². The average molecular weight is 313 g/mol. The van der Waals surface area contributed by atoms with Gasteiger partial charge < -0.3 is 14.1 Å². The first-order valence-corrected chi connectivity index (χ1v) is 7.32. The summed E-state index contributed by atoms with van der Waals surface area (Å²) in [6.45, 7) is 0.538. The molecule has 0 fully saturated rings. The molecule has 2 aromatic heterocycles. The molecule has 120 valence electrons. The topological polar surface area (TPSA) is 60.5 Å². The van der Waals surface area contributed by atoms with E-state index in [0.717, 1.165) is 27.8 Å². The van der Waals surface area contributed by atoms with Crippen LogP contribution in [0.3, 0.4) is 0 Å². The van der Waals surface area contributed by atoms with Crippen LogP contribution in [-0.2, 0) is 24.8 Å². The van der Waals surface area contributed by atoms with E-state index < -0.39 is 0 Å². The Labute approximate surface area is 134 Å². The van der Waals surface area contributed by atoms with E-state index in [9.17, 15) is 4.79 Å². The van der Waals surface area contributed by atoms with Gasteiger partial charge in [0.15, 0.2) is 0 Å². The number of carbonyl (C=O) groups is 1. The third kappa shape index (κ3) is 3.21. The number of benzene rings is 1. The first-order valence-electron chi connectivity index (χ1n) is 7.32. The molecule has 0 spiro atoms. The third-order valence-electron chi connectivity index (χ3n) is 3.81. The van der Waals surface area contributed by atoms with Crippen molar-refractivity contribution in [2.75, 3.05) is 14.2 Å². The lowest BCUT2D eigenvalue weighted by Crippen LogP contribution is -2.27. The highest BCUT2D eigenvalue weighted by molar-refractivity contribution is 5.88. The molecule has 0 saturated heterocycles. The van der Waals surface area contributed by atoms with Crippen LogP contribution in [0.25, 0.3) is 11.0 Å². The average Bonchev–Trinajstić information content (AvgIpc) is 3.13. The minimum Gasteiger partial charge on any atom is -0.497 e. The maximum atomic E-state index is 12.4. The van der Waals surface area contributed by atoms with E-state index in [-0.39, 0.29) is 5.91 Å². The van der Waals surface area contributed by atoms with E-state index in [2.05, 4.69) is 5.10 Å². The zero-order valence-electron chi connectivity index (χ0n) is 13.4. The lowest BCUT2D eigenvalue weighted by molar-refractivity contribution is -0.129. The Kier molecular flexibility index (Phi) is 4.06. The van der Waals surface area contributed by atoms with Crippen LogP contribution in [0, 0.1) is 0 Å². The Morgan fingerprint density at radius 1 is 1.43 bits per heavy atom. The van der Waals surface area contributed by atoms with Crippen LogP contribution in [0.15, 0.2) is 41.3 Å². The maximum Gasteiger partial charge on any atom is 0.227 e. The molecule has 0 N–H and O–H groups in total. The van der Waals surface area contributed by atoms with Gasteiger partial charge in [-0.25, -0.2) is 0 Å². The molecule has 0 aliphatic heterocycles. The van der Waals surface area contributed by atoms with Crippen LogP contribution in [0.2, 0.25) is 0 Å². The summed E-state index contributed by atoms with van der Waals surface area (Å²) in [6.07, 6.45) is 5.61. The number of methoxy groups -OCH3 is 1. The lowest BCUT2D eigenvalue weighted by atomic mass is 10.1. The number of furan rings is 1. The number of rotatable bonds is 5. The number of likely N-dealkylation sites (N-methyl/N-ethyl adjacent to an activating group) is 1. The molecule has 6 nitrogen and oxygen atoms in total. The number of aromatic nitrogens is 2. The van der Waals surface area contributed by atoms with Crippen molar-refractivity contribution in [1.29, 1.82) is 0 Å². The van der Waals surface area contributed by atoms with Gasteiger partial charge in [-0.15, -0.1) is 0 Å². The number of nitrogens with zero attached hydrogens (tertiary/aromatic N) is 3. The Morgan fingerprint density at radius 2 is 2.26 bits per heavy atom. The van der Waals surface area contributed by atoms with Crippen LogP contribution < -0.4 is 4.74 Å². The van der Waals surface area contributed by atoms with Crippen molar-refractivity contribution < 1.29 is 13.9 Å². The molecule has 1 amide bonds. The second-order valence-electron chi connectivity index (χ2n) is 5.57. The van der Waals surface area contributed by atoms with E-state index in [1.54, 1.807) is 36.2 Å². The van der Waals surface area contributed by atoms with E-state index >= 15 is 0 Å². The summed E-state index contributed by atoms with van der Waals surface area (Å²) in [5.74, 6) is 0.769. The molecule has 23 heavy (non-hydrogen) atoms. The molecule has 6 heteroatoms. The quantitative estimate of drug-likeness (QED) is 0.725. The number of fused-ring (bicyclic) bond motifs is 1. The van der Waals surface area contributed by atoms with Gasteiger partial charge in [-0.2, -0.15) is 5.10 Å². The van der Waals surface area contributed by atoms with Crippen molar-refractivity contribution in [3.05, 3.63) is 48.0 Å². The van der Waals surface area contributed by atoms with Gasteiger partial charge in [0.2, 0.25) is 5.91 Å². The number of amides is 1. The number of hydrogen-bond acceptors (Lipinski definition) is 4. The molecule has 2 heterocycles. The molecule has 0 radical (unpaired) electrons. The molecule has 0 aliphatic carbocycles. The SMILES string of the molecule is COc1ccc2c(CC(=O)N(C)Cc3cnn(C)c3)coc2c1. The first-order chi connectivity index (χ1) is 11.1. The normalized spacial score (nSPS) is 10.9. The van der Waals surface area contributed by atoms with E-state index in [1.807, 2.05) is 31.4 Å². The minimum atomic E-state index is 0.0346. The Hall–Kier alpha value is -2.76. The van der Waals surface area contributed by atoms with E-state index in [1.165, 1.54) is 0 Å². The molecule has 0 atom stereocenters. The van der Waals surface area contributed by atoms with Gasteiger partial charge in [0, 0.05) is 49.4 Å². The highest BCUT2D eigenvalue weighted by Gasteiger charge is 2.15. The number of carbonyl (C=O) groups excluding carboxylic acids is 1. The highest BCUT2D eigenvalue weighted by Crippen LogP contribution is 2.26. The van der Waals surface area contributed by atoms with Gasteiger partial charge in [-0.3, -0.25) is 9.48 Å². The van der Waals surface area contributed by atoms with Gasteiger partial charge in [-0.05, 0) is 12.1 Å². The zero-order chi connectivity index (χ0) is 16.4. The summed E-state index contributed by atoms with van der Waals surface area (Å²) in [5, 5.41) is 5.05. The minimum absolute atomic E-state index is 0.0346. The maximum absolute atomic E-state index is 12.4. The van der Waals surface area contributed by atoms with Crippen molar-refractivity contribution in [3.8, 4) is 5.75 Å². The Morgan fingerprint density at radius 3 is 2.96 bits per heavy atom. The number of hydrogen-bond donors (Lipinski definition) is 0. The molecule has 3 rings (SSSR count). The summed E-state index contributed by atoms with van der Waals surface area (Å²) in [7, 11) is 5.26. The van der Waals surface area contributed by atoms with Crippen molar-refractivity contribution >= 4 is 16.9 Å². The van der Waals surface area contributed by atoms with Gasteiger partial charge in [0.25, 0.3) is 0 Å².